The van der Waals surface area contributed by atoms with E-state index in [0.29, 0.717) is 13.2 Å². The Hall–Kier alpha value is -0.940. The standard InChI is InChI=1S/C13H19BrN2O2/c1-4-18-13(17)12(9(2)3)16-8-10-5-6-11(14)15-7-10/h5-7,9,12,16H,4,8H2,1-3H3/t12-/m0/s1. The minimum atomic E-state index is -0.284. The summed E-state index contributed by atoms with van der Waals surface area (Å²) in [6, 6.07) is 3.56. The molecule has 0 spiro atoms. The molecule has 5 heteroatoms. The minimum Gasteiger partial charge on any atom is -0.465 e. The van der Waals surface area contributed by atoms with Crippen LogP contribution >= 0.6 is 15.9 Å². The number of pyridine rings is 1. The number of nitrogens with one attached hydrogen (secondary N) is 1. The second-order valence-corrected chi connectivity index (χ2v) is 5.16. The molecular weight excluding hydrogens is 296 g/mol. The summed E-state index contributed by atoms with van der Waals surface area (Å²) >= 11 is 3.29. The van der Waals surface area contributed by atoms with Gasteiger partial charge in [0.1, 0.15) is 10.6 Å². The molecule has 0 aliphatic rings. The molecule has 1 rings (SSSR count). The second kappa shape index (κ2) is 7.48. The van der Waals surface area contributed by atoms with Crippen LogP contribution < -0.4 is 5.32 Å². The molecule has 100 valence electrons. The third-order valence-corrected chi connectivity index (χ3v) is 2.99. The number of hydrogen-bond acceptors (Lipinski definition) is 4. The normalized spacial score (nSPS) is 12.5. The highest BCUT2D eigenvalue weighted by atomic mass is 79.9. The first kappa shape index (κ1) is 15.1. The molecule has 0 radical (unpaired) electrons. The van der Waals surface area contributed by atoms with Gasteiger partial charge in [-0.3, -0.25) is 4.79 Å². The summed E-state index contributed by atoms with van der Waals surface area (Å²) < 4.78 is 5.85. The van der Waals surface area contributed by atoms with E-state index in [1.165, 1.54) is 0 Å². The molecule has 4 nitrogen and oxygen atoms in total. The predicted octanol–water partition coefficient (Wildman–Crippen LogP) is 2.52. The van der Waals surface area contributed by atoms with Crippen molar-refractivity contribution in [3.05, 3.63) is 28.5 Å². The molecule has 0 aliphatic carbocycles. The van der Waals surface area contributed by atoms with Gasteiger partial charge in [0, 0.05) is 12.7 Å². The lowest BCUT2D eigenvalue weighted by Crippen LogP contribution is -2.41. The van der Waals surface area contributed by atoms with Crippen molar-refractivity contribution in [2.75, 3.05) is 6.61 Å². The Bertz CT molecular complexity index is 379. The van der Waals surface area contributed by atoms with Crippen molar-refractivity contribution in [2.45, 2.75) is 33.4 Å². The van der Waals surface area contributed by atoms with E-state index >= 15 is 0 Å². The van der Waals surface area contributed by atoms with Gasteiger partial charge in [-0.15, -0.1) is 0 Å². The maximum absolute atomic E-state index is 11.8. The molecule has 1 aromatic heterocycles. The highest BCUT2D eigenvalue weighted by Crippen LogP contribution is 2.08. The fourth-order valence-electron chi connectivity index (χ4n) is 1.56. The molecule has 1 N–H and O–H groups in total. The molecular formula is C13H19BrN2O2. The number of carbonyl (C=O) groups excluding carboxylic acids is 1. The van der Waals surface area contributed by atoms with Crippen LogP contribution in [0.1, 0.15) is 26.3 Å². The van der Waals surface area contributed by atoms with Gasteiger partial charge in [-0.25, -0.2) is 4.98 Å². The zero-order valence-corrected chi connectivity index (χ0v) is 12.5. The number of hydrogen-bond donors (Lipinski definition) is 1. The summed E-state index contributed by atoms with van der Waals surface area (Å²) in [5.41, 5.74) is 1.04. The quantitative estimate of drug-likeness (QED) is 0.647. The first-order chi connectivity index (χ1) is 8.54. The van der Waals surface area contributed by atoms with Gasteiger partial charge < -0.3 is 10.1 Å². The van der Waals surface area contributed by atoms with Crippen LogP contribution in [-0.2, 0) is 16.1 Å². The summed E-state index contributed by atoms with van der Waals surface area (Å²) in [4.78, 5) is 15.9. The molecule has 0 saturated heterocycles. The summed E-state index contributed by atoms with van der Waals surface area (Å²) in [6.45, 7) is 6.81. The van der Waals surface area contributed by atoms with Crippen LogP contribution in [0.3, 0.4) is 0 Å². The van der Waals surface area contributed by atoms with Crippen LogP contribution in [0.15, 0.2) is 22.9 Å². The van der Waals surface area contributed by atoms with Gasteiger partial charge in [-0.1, -0.05) is 19.9 Å². The number of rotatable bonds is 6. The average Bonchev–Trinajstić information content (AvgIpc) is 2.31. The third-order valence-electron chi connectivity index (χ3n) is 2.52. The lowest BCUT2D eigenvalue weighted by Gasteiger charge is -2.20. The van der Waals surface area contributed by atoms with E-state index in [-0.39, 0.29) is 17.9 Å². The summed E-state index contributed by atoms with van der Waals surface area (Å²) in [7, 11) is 0. The van der Waals surface area contributed by atoms with Gasteiger partial charge in [-0.05, 0) is 40.4 Å². The van der Waals surface area contributed by atoms with Gasteiger partial charge in [0.25, 0.3) is 0 Å². The van der Waals surface area contributed by atoms with Crippen molar-refractivity contribution in [3.8, 4) is 0 Å². The average molecular weight is 315 g/mol. The Morgan fingerprint density at radius 3 is 2.72 bits per heavy atom. The van der Waals surface area contributed by atoms with Gasteiger partial charge in [0.15, 0.2) is 0 Å². The highest BCUT2D eigenvalue weighted by molar-refractivity contribution is 9.10. The molecule has 0 saturated carbocycles. The molecule has 1 atom stereocenters. The first-order valence-electron chi connectivity index (χ1n) is 6.05. The molecule has 0 fully saturated rings. The smallest absolute Gasteiger partial charge is 0.323 e. The van der Waals surface area contributed by atoms with E-state index in [1.54, 1.807) is 6.20 Å². The van der Waals surface area contributed by atoms with Crippen LogP contribution in [0.5, 0.6) is 0 Å². The van der Waals surface area contributed by atoms with Crippen LogP contribution in [-0.4, -0.2) is 23.6 Å². The number of esters is 1. The van der Waals surface area contributed by atoms with E-state index < -0.39 is 0 Å². The summed E-state index contributed by atoms with van der Waals surface area (Å²) in [5.74, 6) is -0.00923. The molecule has 0 unspecified atom stereocenters. The Morgan fingerprint density at radius 2 is 2.22 bits per heavy atom. The largest absolute Gasteiger partial charge is 0.465 e. The van der Waals surface area contributed by atoms with Gasteiger partial charge in [0.2, 0.25) is 0 Å². The van der Waals surface area contributed by atoms with E-state index in [9.17, 15) is 4.79 Å². The van der Waals surface area contributed by atoms with Crippen molar-refractivity contribution < 1.29 is 9.53 Å². The second-order valence-electron chi connectivity index (χ2n) is 4.34. The molecule has 18 heavy (non-hydrogen) atoms. The molecule has 0 aliphatic heterocycles. The number of ether oxygens (including phenoxy) is 1. The number of aromatic nitrogens is 1. The fourth-order valence-corrected chi connectivity index (χ4v) is 1.80. The summed E-state index contributed by atoms with van der Waals surface area (Å²) in [6.07, 6.45) is 1.78. The van der Waals surface area contributed by atoms with Crippen molar-refractivity contribution in [3.63, 3.8) is 0 Å². The van der Waals surface area contributed by atoms with E-state index in [1.807, 2.05) is 32.9 Å². The molecule has 1 heterocycles. The molecule has 0 bridgehead atoms. The third kappa shape index (κ3) is 4.74. The Balaban J connectivity index is 2.57. The van der Waals surface area contributed by atoms with Crippen molar-refractivity contribution in [1.82, 2.24) is 10.3 Å². The number of carbonyl (C=O) groups is 1. The van der Waals surface area contributed by atoms with E-state index in [2.05, 4.69) is 26.2 Å². The zero-order valence-electron chi connectivity index (χ0n) is 10.9. The van der Waals surface area contributed by atoms with Crippen molar-refractivity contribution >= 4 is 21.9 Å². The molecule has 0 amide bonds. The van der Waals surface area contributed by atoms with Crippen LogP contribution in [0.2, 0.25) is 0 Å². The maximum atomic E-state index is 11.8. The maximum Gasteiger partial charge on any atom is 0.323 e. The first-order valence-corrected chi connectivity index (χ1v) is 6.84. The monoisotopic (exact) mass is 314 g/mol. The number of nitrogens with zero attached hydrogens (tertiary/aromatic N) is 1. The van der Waals surface area contributed by atoms with E-state index in [4.69, 9.17) is 4.74 Å². The molecule has 0 aromatic carbocycles. The SMILES string of the molecule is CCOC(=O)[C@@H](NCc1ccc(Br)nc1)C(C)C. The molecule has 1 aromatic rings. The van der Waals surface area contributed by atoms with Crippen molar-refractivity contribution in [1.29, 1.82) is 0 Å². The van der Waals surface area contributed by atoms with Gasteiger partial charge in [-0.2, -0.15) is 0 Å². The van der Waals surface area contributed by atoms with Crippen molar-refractivity contribution in [2.24, 2.45) is 5.92 Å². The lowest BCUT2D eigenvalue weighted by atomic mass is 10.0. The lowest BCUT2D eigenvalue weighted by molar-refractivity contribution is -0.146. The van der Waals surface area contributed by atoms with Crippen LogP contribution in [0.4, 0.5) is 0 Å². The predicted molar refractivity (Wildman–Crippen MR) is 74.0 cm³/mol. The Kier molecular flexibility index (Phi) is 6.29. The van der Waals surface area contributed by atoms with Crippen LogP contribution in [0.25, 0.3) is 0 Å². The van der Waals surface area contributed by atoms with Gasteiger partial charge in [0.05, 0.1) is 6.61 Å². The van der Waals surface area contributed by atoms with Crippen LogP contribution in [0, 0.1) is 5.92 Å². The Labute approximate surface area is 116 Å². The van der Waals surface area contributed by atoms with Gasteiger partial charge >= 0.3 is 5.97 Å². The summed E-state index contributed by atoms with van der Waals surface area (Å²) in [5, 5.41) is 3.21. The van der Waals surface area contributed by atoms with E-state index in [0.717, 1.165) is 10.2 Å². The number of halogens is 1. The zero-order chi connectivity index (χ0) is 13.5. The Morgan fingerprint density at radius 1 is 1.50 bits per heavy atom. The topological polar surface area (TPSA) is 51.2 Å². The fraction of sp³-hybridized carbons (Fsp3) is 0.538. The highest BCUT2D eigenvalue weighted by Gasteiger charge is 2.22. The minimum absolute atomic E-state index is 0.187.